The fourth-order valence-corrected chi connectivity index (χ4v) is 3.22. The summed E-state index contributed by atoms with van der Waals surface area (Å²) in [5.41, 5.74) is -3.46. The first-order chi connectivity index (χ1) is 12.2. The van der Waals surface area contributed by atoms with Gasteiger partial charge in [0.15, 0.2) is 0 Å². The Morgan fingerprint density at radius 3 is 2.46 bits per heavy atom. The number of hydrogen-bond acceptors (Lipinski definition) is 4. The Morgan fingerprint density at radius 1 is 1.15 bits per heavy atom. The maximum atomic E-state index is 12.5. The zero-order valence-corrected chi connectivity index (χ0v) is 14.6. The monoisotopic (exact) mass is 401 g/mol. The van der Waals surface area contributed by atoms with Crippen molar-refractivity contribution < 1.29 is 22.8 Å². The molecule has 2 aromatic rings. The molecular weight excluding hydrogens is 391 g/mol. The van der Waals surface area contributed by atoms with E-state index in [1.165, 1.54) is 35.4 Å². The van der Waals surface area contributed by atoms with Gasteiger partial charge in [0.05, 0.1) is 5.69 Å². The summed E-state index contributed by atoms with van der Waals surface area (Å²) < 4.78 is 37.1. The van der Waals surface area contributed by atoms with Crippen molar-refractivity contribution >= 4 is 41.0 Å². The zero-order valence-electron chi connectivity index (χ0n) is 13.0. The van der Waals surface area contributed by atoms with Crippen LogP contribution in [0, 0.1) is 0 Å². The van der Waals surface area contributed by atoms with Crippen LogP contribution in [0.25, 0.3) is 0 Å². The summed E-state index contributed by atoms with van der Waals surface area (Å²) in [6.45, 7) is 0.0448. The number of thioether (sulfide) groups is 1. The number of urea groups is 1. The third kappa shape index (κ3) is 4.28. The van der Waals surface area contributed by atoms with Crippen molar-refractivity contribution in [1.82, 2.24) is 9.88 Å². The van der Waals surface area contributed by atoms with E-state index in [2.05, 4.69) is 4.98 Å². The average molecular weight is 402 g/mol. The van der Waals surface area contributed by atoms with Gasteiger partial charge in [-0.1, -0.05) is 11.6 Å². The number of aromatic nitrogens is 1. The Labute approximate surface area is 155 Å². The normalized spacial score (nSPS) is 15.1. The van der Waals surface area contributed by atoms with Crippen LogP contribution < -0.4 is 4.90 Å². The number of pyridine rings is 1. The fraction of sp³-hybridized carbons (Fsp3) is 0.188. The highest BCUT2D eigenvalue weighted by Gasteiger charge is 2.37. The van der Waals surface area contributed by atoms with Crippen molar-refractivity contribution in [2.75, 3.05) is 11.4 Å². The number of alkyl halides is 3. The number of imide groups is 1. The first kappa shape index (κ1) is 18.5. The van der Waals surface area contributed by atoms with E-state index in [1.807, 2.05) is 0 Å². The second-order valence-corrected chi connectivity index (χ2v) is 6.92. The van der Waals surface area contributed by atoms with Crippen molar-refractivity contribution in [3.05, 3.63) is 53.3 Å². The average Bonchev–Trinajstić information content (AvgIpc) is 2.81. The van der Waals surface area contributed by atoms with Gasteiger partial charge in [-0.05, 0) is 53.7 Å². The fourth-order valence-electron chi connectivity index (χ4n) is 2.49. The molecule has 0 bridgehead atoms. The van der Waals surface area contributed by atoms with Gasteiger partial charge in [0, 0.05) is 17.6 Å². The number of halogens is 4. The SMILES string of the molecule is O=C1CN(Cc2ccnc(Cl)c2)C(=O)N1c1ccc(SC(F)(F)F)cc1. The predicted octanol–water partition coefficient (Wildman–Crippen LogP) is 4.32. The zero-order chi connectivity index (χ0) is 18.9. The van der Waals surface area contributed by atoms with Crippen LogP contribution in [-0.2, 0) is 11.3 Å². The highest BCUT2D eigenvalue weighted by atomic mass is 35.5. The summed E-state index contributed by atoms with van der Waals surface area (Å²) in [6, 6.07) is 7.80. The number of nitrogens with zero attached hydrogens (tertiary/aromatic N) is 3. The molecule has 1 aliphatic heterocycles. The lowest BCUT2D eigenvalue weighted by Crippen LogP contribution is -2.32. The second kappa shape index (κ2) is 7.16. The molecule has 0 aliphatic carbocycles. The molecule has 5 nitrogen and oxygen atoms in total. The van der Waals surface area contributed by atoms with E-state index in [0.29, 0.717) is 5.56 Å². The minimum Gasteiger partial charge on any atom is -0.310 e. The number of rotatable bonds is 4. The molecule has 0 spiro atoms. The largest absolute Gasteiger partial charge is 0.446 e. The van der Waals surface area contributed by atoms with Gasteiger partial charge >= 0.3 is 11.5 Å². The van der Waals surface area contributed by atoms with Crippen LogP contribution in [0.3, 0.4) is 0 Å². The lowest BCUT2D eigenvalue weighted by atomic mass is 10.2. The molecule has 1 saturated heterocycles. The third-order valence-corrected chi connectivity index (χ3v) is 4.48. The number of anilines is 1. The smallest absolute Gasteiger partial charge is 0.310 e. The molecule has 2 heterocycles. The van der Waals surface area contributed by atoms with Crippen molar-refractivity contribution in [2.24, 2.45) is 0 Å². The first-order valence-corrected chi connectivity index (χ1v) is 8.50. The molecule has 0 atom stereocenters. The molecule has 1 aromatic heterocycles. The van der Waals surface area contributed by atoms with Gasteiger partial charge in [0.1, 0.15) is 11.7 Å². The molecule has 10 heteroatoms. The second-order valence-electron chi connectivity index (χ2n) is 5.40. The molecule has 3 rings (SSSR count). The summed E-state index contributed by atoms with van der Waals surface area (Å²) in [5, 5.41) is 0.273. The molecule has 1 fully saturated rings. The predicted molar refractivity (Wildman–Crippen MR) is 90.9 cm³/mol. The van der Waals surface area contributed by atoms with Crippen LogP contribution in [0.15, 0.2) is 47.5 Å². The summed E-state index contributed by atoms with van der Waals surface area (Å²) in [7, 11) is 0. The summed E-state index contributed by atoms with van der Waals surface area (Å²) in [6.07, 6.45) is 1.49. The van der Waals surface area contributed by atoms with Crippen LogP contribution in [0.4, 0.5) is 23.7 Å². The molecule has 136 valence electrons. The standard InChI is InChI=1S/C16H11ClF3N3O2S/c17-13-7-10(5-6-21-13)8-22-9-14(24)23(15(22)25)11-1-3-12(4-2-11)26-16(18,19)20/h1-7H,8-9H2. The van der Waals surface area contributed by atoms with Crippen molar-refractivity contribution in [3.8, 4) is 0 Å². The third-order valence-electron chi connectivity index (χ3n) is 3.53. The van der Waals surface area contributed by atoms with Crippen molar-refractivity contribution in [3.63, 3.8) is 0 Å². The molecule has 0 saturated carbocycles. The van der Waals surface area contributed by atoms with Crippen LogP contribution in [0.2, 0.25) is 5.15 Å². The minimum absolute atomic E-state index is 0.0244. The molecule has 1 aliphatic rings. The van der Waals surface area contributed by atoms with E-state index in [-0.39, 0.29) is 40.6 Å². The van der Waals surface area contributed by atoms with E-state index in [1.54, 1.807) is 12.1 Å². The number of amides is 3. The van der Waals surface area contributed by atoms with E-state index < -0.39 is 17.4 Å². The Morgan fingerprint density at radius 2 is 1.85 bits per heavy atom. The Kier molecular flexibility index (Phi) is 5.10. The van der Waals surface area contributed by atoms with E-state index in [9.17, 15) is 22.8 Å². The van der Waals surface area contributed by atoms with Gasteiger partial charge in [0.2, 0.25) is 0 Å². The van der Waals surface area contributed by atoms with E-state index >= 15 is 0 Å². The summed E-state index contributed by atoms with van der Waals surface area (Å²) in [5.74, 6) is -0.452. The molecule has 26 heavy (non-hydrogen) atoms. The Bertz CT molecular complexity index is 845. The van der Waals surface area contributed by atoms with Crippen molar-refractivity contribution in [2.45, 2.75) is 16.9 Å². The number of hydrogen-bond donors (Lipinski definition) is 0. The maximum Gasteiger partial charge on any atom is 0.446 e. The molecule has 0 radical (unpaired) electrons. The molecule has 1 aromatic carbocycles. The lowest BCUT2D eigenvalue weighted by Gasteiger charge is -2.17. The molecular formula is C16H11ClF3N3O2S. The Hall–Kier alpha value is -2.26. The maximum absolute atomic E-state index is 12.5. The molecule has 3 amide bonds. The highest BCUT2D eigenvalue weighted by Crippen LogP contribution is 2.37. The minimum atomic E-state index is -4.40. The number of carbonyl (C=O) groups excluding carboxylic acids is 2. The highest BCUT2D eigenvalue weighted by molar-refractivity contribution is 8.00. The van der Waals surface area contributed by atoms with Crippen molar-refractivity contribution in [1.29, 1.82) is 0 Å². The van der Waals surface area contributed by atoms with Crippen LogP contribution in [0.1, 0.15) is 5.56 Å². The van der Waals surface area contributed by atoms with E-state index in [4.69, 9.17) is 11.6 Å². The van der Waals surface area contributed by atoms with Crippen LogP contribution in [-0.4, -0.2) is 33.9 Å². The van der Waals surface area contributed by atoms with Gasteiger partial charge in [-0.3, -0.25) is 4.79 Å². The van der Waals surface area contributed by atoms with Gasteiger partial charge in [-0.25, -0.2) is 14.7 Å². The molecule has 0 N–H and O–H groups in total. The van der Waals surface area contributed by atoms with Gasteiger partial charge in [0.25, 0.3) is 5.91 Å². The lowest BCUT2D eigenvalue weighted by molar-refractivity contribution is -0.116. The topological polar surface area (TPSA) is 53.5 Å². The van der Waals surface area contributed by atoms with Gasteiger partial charge in [-0.15, -0.1) is 0 Å². The quantitative estimate of drug-likeness (QED) is 0.435. The van der Waals surface area contributed by atoms with Crippen LogP contribution in [0.5, 0.6) is 0 Å². The first-order valence-electron chi connectivity index (χ1n) is 7.31. The number of benzene rings is 1. The van der Waals surface area contributed by atoms with E-state index in [0.717, 1.165) is 4.90 Å². The Balaban J connectivity index is 1.74. The van der Waals surface area contributed by atoms with Crippen LogP contribution >= 0.6 is 23.4 Å². The van der Waals surface area contributed by atoms with Gasteiger partial charge in [-0.2, -0.15) is 13.2 Å². The van der Waals surface area contributed by atoms with Gasteiger partial charge < -0.3 is 4.90 Å². The summed E-state index contributed by atoms with van der Waals surface area (Å²) >= 11 is 5.55. The summed E-state index contributed by atoms with van der Waals surface area (Å²) in [4.78, 5) is 30.8. The molecule has 0 unspecified atom stereocenters. The number of carbonyl (C=O) groups is 2.